The van der Waals surface area contributed by atoms with Crippen LogP contribution in [0.25, 0.3) is 0 Å². The van der Waals surface area contributed by atoms with Gasteiger partial charge in [0, 0.05) is 6.42 Å². The Balaban J connectivity index is 1.63. The minimum atomic E-state index is -1.80. The second kappa shape index (κ2) is 40.7. The van der Waals surface area contributed by atoms with E-state index in [1.165, 1.54) is 0 Å². The molecule has 2 heterocycles. The van der Waals surface area contributed by atoms with E-state index in [0.29, 0.717) is 12.8 Å². The molecule has 2 fully saturated rings. The number of carbonyl (C=O) groups excluding carboxylic acids is 1. The zero-order valence-corrected chi connectivity index (χ0v) is 41.7. The summed E-state index contributed by atoms with van der Waals surface area (Å²) < 4.78 is 22.4. The quantitative estimate of drug-likeness (QED) is 0.0231. The highest BCUT2D eigenvalue weighted by Gasteiger charge is 2.51. The van der Waals surface area contributed by atoms with Gasteiger partial charge in [-0.2, -0.15) is 0 Å². The van der Waals surface area contributed by atoms with Gasteiger partial charge in [-0.15, -0.1) is 0 Å². The normalized spacial score (nSPS) is 27.1. The molecule has 0 aromatic heterocycles. The van der Waals surface area contributed by atoms with Crippen LogP contribution in [0.4, 0.5) is 0 Å². The summed E-state index contributed by atoms with van der Waals surface area (Å²) in [6, 6.07) is -0.943. The van der Waals surface area contributed by atoms with Crippen LogP contribution in [0, 0.1) is 0 Å². The standard InChI is InChI=1S/C56H87NO13/c1-3-5-7-8-9-10-11-12-13-14-15-16-17-18-19-20-21-22-23-24-25-26-27-28-29-30-31-32-33-34-35-36-38-40-48(61)57-44(45(60)39-37-6-4-2)43-67-55-53(66)51(64)54(47(42-59)69-55)70-56-52(65)50(63)49(62)46(41-58)68-56/h5,7,9-10,12-13,15-16,18-19,21-22,24-25,27-28,30-31,33-34,37,39,44-47,49-56,58-60,62-66H,3-4,6,8,11,14,17,20,23,26,29,32,35-36,38,40-43H2,1-2H3,(H,57,61)/b7-5-,10-9-,13-12-,16-15-,19-18-,22-21-,25-24-,28-27-,31-30-,34-33-,39-37+. The van der Waals surface area contributed by atoms with Crippen LogP contribution in [0.5, 0.6) is 0 Å². The molecule has 12 unspecified atom stereocenters. The molecule has 2 saturated heterocycles. The molecule has 14 heteroatoms. The van der Waals surface area contributed by atoms with Gasteiger partial charge >= 0.3 is 0 Å². The van der Waals surface area contributed by atoms with E-state index >= 15 is 0 Å². The minimum Gasteiger partial charge on any atom is -0.394 e. The van der Waals surface area contributed by atoms with Crippen molar-refractivity contribution in [3.05, 3.63) is 134 Å². The van der Waals surface area contributed by atoms with Gasteiger partial charge in [0.1, 0.15) is 48.8 Å². The minimum absolute atomic E-state index is 0.213. The predicted molar refractivity (Wildman–Crippen MR) is 276 cm³/mol. The highest BCUT2D eigenvalue weighted by Crippen LogP contribution is 2.30. The molecule has 0 radical (unpaired) electrons. The Hall–Kier alpha value is -3.87. The topological polar surface area (TPSA) is 228 Å². The lowest BCUT2D eigenvalue weighted by atomic mass is 9.97. The van der Waals surface area contributed by atoms with Crippen molar-refractivity contribution >= 4 is 5.91 Å². The van der Waals surface area contributed by atoms with Crippen molar-refractivity contribution in [1.82, 2.24) is 5.32 Å². The third-order valence-electron chi connectivity index (χ3n) is 11.3. The zero-order chi connectivity index (χ0) is 51.0. The fraction of sp³-hybridized carbons (Fsp3) is 0.589. The van der Waals surface area contributed by atoms with Crippen LogP contribution in [0.1, 0.15) is 117 Å². The lowest BCUT2D eigenvalue weighted by Gasteiger charge is -2.46. The van der Waals surface area contributed by atoms with Gasteiger partial charge in [0.05, 0.1) is 32.0 Å². The second-order valence-electron chi connectivity index (χ2n) is 17.2. The first-order valence-corrected chi connectivity index (χ1v) is 25.4. The van der Waals surface area contributed by atoms with Crippen molar-refractivity contribution in [2.75, 3.05) is 19.8 Å². The number of hydrogen-bond donors (Lipinski definition) is 9. The third-order valence-corrected chi connectivity index (χ3v) is 11.3. The van der Waals surface area contributed by atoms with Crippen molar-refractivity contribution in [2.24, 2.45) is 0 Å². The number of ether oxygens (including phenoxy) is 4. The summed E-state index contributed by atoms with van der Waals surface area (Å²) in [6.45, 7) is 2.36. The first kappa shape index (κ1) is 62.2. The first-order valence-electron chi connectivity index (χ1n) is 25.4. The van der Waals surface area contributed by atoms with Crippen molar-refractivity contribution in [3.8, 4) is 0 Å². The average molecular weight is 982 g/mol. The summed E-state index contributed by atoms with van der Waals surface area (Å²) >= 11 is 0. The Bertz CT molecular complexity index is 1680. The Morgan fingerprint density at radius 3 is 1.43 bits per heavy atom. The van der Waals surface area contributed by atoms with Crippen LogP contribution in [-0.4, -0.2) is 140 Å². The molecule has 394 valence electrons. The van der Waals surface area contributed by atoms with Gasteiger partial charge in [-0.3, -0.25) is 4.79 Å². The zero-order valence-electron chi connectivity index (χ0n) is 41.7. The maximum Gasteiger partial charge on any atom is 0.220 e. The maximum absolute atomic E-state index is 13.0. The Labute approximate surface area is 418 Å². The summed E-state index contributed by atoms with van der Waals surface area (Å²) in [4.78, 5) is 13.0. The summed E-state index contributed by atoms with van der Waals surface area (Å²) in [5.74, 6) is -0.303. The number of carbonyl (C=O) groups is 1. The first-order chi connectivity index (χ1) is 34.1. The number of aliphatic hydroxyl groups is 8. The Morgan fingerprint density at radius 1 is 0.529 bits per heavy atom. The molecule has 0 bridgehead atoms. The summed E-state index contributed by atoms with van der Waals surface area (Å²) in [5.41, 5.74) is 0. The molecule has 70 heavy (non-hydrogen) atoms. The average Bonchev–Trinajstić information content (AvgIpc) is 3.36. The molecule has 2 aliphatic rings. The lowest BCUT2D eigenvalue weighted by Crippen LogP contribution is -2.65. The number of aliphatic hydroxyl groups excluding tert-OH is 8. The third kappa shape index (κ3) is 27.1. The molecular weight excluding hydrogens is 895 g/mol. The van der Waals surface area contributed by atoms with Crippen LogP contribution in [0.15, 0.2) is 134 Å². The molecule has 0 aromatic rings. The van der Waals surface area contributed by atoms with Crippen LogP contribution in [-0.2, 0) is 23.7 Å². The highest BCUT2D eigenvalue weighted by molar-refractivity contribution is 5.76. The van der Waals surface area contributed by atoms with Gasteiger partial charge in [0.2, 0.25) is 5.91 Å². The molecule has 14 nitrogen and oxygen atoms in total. The molecule has 1 amide bonds. The molecular formula is C56H87NO13. The monoisotopic (exact) mass is 982 g/mol. The molecule has 9 N–H and O–H groups in total. The number of amides is 1. The summed E-state index contributed by atoms with van der Waals surface area (Å²) in [5, 5.41) is 85.8. The fourth-order valence-corrected chi connectivity index (χ4v) is 7.20. The van der Waals surface area contributed by atoms with Gasteiger partial charge in [-0.25, -0.2) is 0 Å². The number of unbranched alkanes of at least 4 members (excludes halogenated alkanes) is 3. The van der Waals surface area contributed by atoms with E-state index in [-0.39, 0.29) is 18.9 Å². The molecule has 12 atom stereocenters. The predicted octanol–water partition coefficient (Wildman–Crippen LogP) is 6.87. The van der Waals surface area contributed by atoms with Crippen molar-refractivity contribution in [2.45, 2.75) is 190 Å². The summed E-state index contributed by atoms with van der Waals surface area (Å²) in [6.07, 6.45) is 43.4. The van der Waals surface area contributed by atoms with E-state index in [1.54, 1.807) is 12.2 Å². The maximum atomic E-state index is 13.0. The Kier molecular flexibility index (Phi) is 36.2. The van der Waals surface area contributed by atoms with Gasteiger partial charge in [-0.05, 0) is 89.9 Å². The van der Waals surface area contributed by atoms with E-state index in [0.717, 1.165) is 83.5 Å². The van der Waals surface area contributed by atoms with Gasteiger partial charge in [0.25, 0.3) is 0 Å². The van der Waals surface area contributed by atoms with E-state index in [4.69, 9.17) is 18.9 Å². The number of nitrogens with one attached hydrogen (secondary N) is 1. The molecule has 0 saturated carbocycles. The van der Waals surface area contributed by atoms with E-state index in [1.807, 2.05) is 6.92 Å². The molecule has 0 aliphatic carbocycles. The lowest BCUT2D eigenvalue weighted by molar-refractivity contribution is -0.359. The van der Waals surface area contributed by atoms with Gasteiger partial charge in [-0.1, -0.05) is 154 Å². The largest absolute Gasteiger partial charge is 0.394 e. The molecule has 0 aromatic carbocycles. The van der Waals surface area contributed by atoms with Crippen LogP contribution in [0.3, 0.4) is 0 Å². The summed E-state index contributed by atoms with van der Waals surface area (Å²) in [7, 11) is 0. The van der Waals surface area contributed by atoms with Crippen LogP contribution in [0.2, 0.25) is 0 Å². The number of rotatable bonds is 36. The smallest absolute Gasteiger partial charge is 0.220 e. The fourth-order valence-electron chi connectivity index (χ4n) is 7.20. The number of hydrogen-bond acceptors (Lipinski definition) is 13. The van der Waals surface area contributed by atoms with E-state index in [2.05, 4.69) is 134 Å². The molecule has 2 rings (SSSR count). The van der Waals surface area contributed by atoms with E-state index < -0.39 is 86.8 Å². The van der Waals surface area contributed by atoms with Crippen LogP contribution < -0.4 is 5.32 Å². The highest BCUT2D eigenvalue weighted by atomic mass is 16.7. The molecule has 2 aliphatic heterocycles. The van der Waals surface area contributed by atoms with Crippen molar-refractivity contribution < 1.29 is 64.6 Å². The Morgan fingerprint density at radius 2 is 0.971 bits per heavy atom. The molecule has 0 spiro atoms. The van der Waals surface area contributed by atoms with Gasteiger partial charge in [0.15, 0.2) is 12.6 Å². The second-order valence-corrected chi connectivity index (χ2v) is 17.2. The van der Waals surface area contributed by atoms with Gasteiger partial charge < -0.3 is 65.1 Å². The van der Waals surface area contributed by atoms with E-state index in [9.17, 15) is 45.6 Å². The van der Waals surface area contributed by atoms with Crippen molar-refractivity contribution in [1.29, 1.82) is 0 Å². The SMILES string of the molecule is CC/C=C\C/C=C\C/C=C\C/C=C\C/C=C\C/C=C\C/C=C\C/C=C\C/C=C\C/C=C\CCCCC(=O)NC(COC1OC(CO)C(OC2OC(CO)C(O)C(O)C2O)C(O)C1O)C(O)/C=C/CCC. The van der Waals surface area contributed by atoms with Crippen LogP contribution >= 0.6 is 0 Å². The van der Waals surface area contributed by atoms with Crippen molar-refractivity contribution in [3.63, 3.8) is 0 Å². The number of allylic oxidation sites excluding steroid dienone is 21.